The van der Waals surface area contributed by atoms with Gasteiger partial charge in [-0.15, -0.1) is 10.2 Å². The molecule has 0 bridgehead atoms. The summed E-state index contributed by atoms with van der Waals surface area (Å²) in [6.45, 7) is 1.91. The topological polar surface area (TPSA) is 59.8 Å². The molecule has 4 aromatic rings. The maximum Gasteiger partial charge on any atom is 0.416 e. The Morgan fingerprint density at radius 3 is 2.13 bits per heavy atom. The molecule has 0 radical (unpaired) electrons. The number of nitrogens with zero attached hydrogens (tertiary/aromatic N) is 3. The SMILES string of the molecule is Cc1ccc(-n2c(SCC(=O)Nc3cc(C(F)(F)F)cc(C(F)(F)F)c3)nnc2-c2cccc(Cl)c2)cc1. The minimum absolute atomic E-state index is 0.00811. The molecule has 0 aliphatic carbocycles. The molecule has 1 heterocycles. The average molecular weight is 571 g/mol. The average Bonchev–Trinajstić information content (AvgIpc) is 3.26. The molecule has 3 aromatic carbocycles. The second-order valence-electron chi connectivity index (χ2n) is 8.12. The number of hydrogen-bond donors (Lipinski definition) is 1. The number of amides is 1. The van der Waals surface area contributed by atoms with Crippen molar-refractivity contribution in [2.75, 3.05) is 11.1 Å². The van der Waals surface area contributed by atoms with Crippen molar-refractivity contribution in [1.29, 1.82) is 0 Å². The maximum absolute atomic E-state index is 13.1. The van der Waals surface area contributed by atoms with Crippen LogP contribution in [0.25, 0.3) is 17.1 Å². The molecule has 1 aromatic heterocycles. The van der Waals surface area contributed by atoms with Crippen LogP contribution in [0, 0.1) is 6.92 Å². The van der Waals surface area contributed by atoms with Crippen molar-refractivity contribution in [3.05, 3.63) is 88.4 Å². The largest absolute Gasteiger partial charge is 0.416 e. The zero-order valence-electron chi connectivity index (χ0n) is 19.4. The molecule has 0 atom stereocenters. The van der Waals surface area contributed by atoms with Crippen molar-refractivity contribution in [2.24, 2.45) is 0 Å². The van der Waals surface area contributed by atoms with E-state index >= 15 is 0 Å². The number of carbonyl (C=O) groups is 1. The van der Waals surface area contributed by atoms with Crippen molar-refractivity contribution in [1.82, 2.24) is 14.8 Å². The number of rotatable bonds is 6. The fourth-order valence-electron chi connectivity index (χ4n) is 3.46. The summed E-state index contributed by atoms with van der Waals surface area (Å²) in [6, 6.07) is 15.1. The van der Waals surface area contributed by atoms with Crippen LogP contribution < -0.4 is 5.32 Å². The van der Waals surface area contributed by atoms with Crippen LogP contribution in [0.15, 0.2) is 71.9 Å². The number of carbonyl (C=O) groups excluding carboxylic acids is 1. The lowest BCUT2D eigenvalue weighted by molar-refractivity contribution is -0.143. The number of halogens is 7. The van der Waals surface area contributed by atoms with Gasteiger partial charge < -0.3 is 5.32 Å². The van der Waals surface area contributed by atoms with E-state index in [0.29, 0.717) is 34.2 Å². The van der Waals surface area contributed by atoms with E-state index in [1.807, 2.05) is 31.2 Å². The minimum Gasteiger partial charge on any atom is -0.325 e. The third kappa shape index (κ3) is 6.48. The quantitative estimate of drug-likeness (QED) is 0.191. The van der Waals surface area contributed by atoms with Gasteiger partial charge in [0.1, 0.15) is 0 Å². The van der Waals surface area contributed by atoms with E-state index in [0.717, 1.165) is 17.3 Å². The van der Waals surface area contributed by atoms with Crippen molar-refractivity contribution in [3.8, 4) is 17.1 Å². The Kier molecular flexibility index (Phi) is 7.75. The first kappa shape index (κ1) is 27.5. The van der Waals surface area contributed by atoms with Gasteiger partial charge in [0.25, 0.3) is 0 Å². The van der Waals surface area contributed by atoms with Gasteiger partial charge in [-0.3, -0.25) is 9.36 Å². The van der Waals surface area contributed by atoms with Crippen LogP contribution >= 0.6 is 23.4 Å². The standard InChI is InChI=1S/C25H17ClF6N4OS/c1-14-5-7-20(8-6-14)36-22(15-3-2-4-18(26)9-15)34-35-23(36)38-13-21(37)33-19-11-16(24(27,28)29)10-17(12-19)25(30,31)32/h2-12H,13H2,1H3,(H,33,37). The lowest BCUT2D eigenvalue weighted by Gasteiger charge is -2.15. The summed E-state index contributed by atoms with van der Waals surface area (Å²) in [6.07, 6.45) is -10.1. The number of thioether (sulfide) groups is 1. The third-order valence-corrected chi connectivity index (χ3v) is 6.38. The molecule has 0 saturated carbocycles. The van der Waals surface area contributed by atoms with E-state index in [2.05, 4.69) is 15.5 Å². The fraction of sp³-hybridized carbons (Fsp3) is 0.160. The smallest absolute Gasteiger partial charge is 0.325 e. The van der Waals surface area contributed by atoms with Crippen LogP contribution in [0.4, 0.5) is 32.0 Å². The molecule has 1 N–H and O–H groups in total. The predicted molar refractivity (Wildman–Crippen MR) is 132 cm³/mol. The predicted octanol–water partition coefficient (Wildman–Crippen LogP) is 7.66. The summed E-state index contributed by atoms with van der Waals surface area (Å²) < 4.78 is 80.5. The second kappa shape index (κ2) is 10.7. The Labute approximate surface area is 221 Å². The van der Waals surface area contributed by atoms with Crippen molar-refractivity contribution in [3.63, 3.8) is 0 Å². The molecule has 0 saturated heterocycles. The van der Waals surface area contributed by atoms with Gasteiger partial charge in [0.05, 0.1) is 16.9 Å². The molecule has 4 rings (SSSR count). The molecule has 38 heavy (non-hydrogen) atoms. The molecule has 0 aliphatic rings. The van der Waals surface area contributed by atoms with Crippen LogP contribution in [0.3, 0.4) is 0 Å². The molecule has 0 aliphatic heterocycles. The normalized spacial score (nSPS) is 12.0. The highest BCUT2D eigenvalue weighted by Gasteiger charge is 2.37. The van der Waals surface area contributed by atoms with Gasteiger partial charge in [-0.05, 0) is 49.4 Å². The van der Waals surface area contributed by atoms with E-state index < -0.39 is 35.1 Å². The number of aryl methyl sites for hydroxylation is 1. The molecule has 13 heteroatoms. The van der Waals surface area contributed by atoms with Gasteiger partial charge in [0.15, 0.2) is 11.0 Å². The highest BCUT2D eigenvalue weighted by atomic mass is 35.5. The van der Waals surface area contributed by atoms with Crippen LogP contribution in [0.5, 0.6) is 0 Å². The summed E-state index contributed by atoms with van der Waals surface area (Å²) in [7, 11) is 0. The van der Waals surface area contributed by atoms with E-state index in [1.165, 1.54) is 0 Å². The van der Waals surface area contributed by atoms with Crippen LogP contribution in [0.2, 0.25) is 5.02 Å². The zero-order chi connectivity index (χ0) is 27.7. The van der Waals surface area contributed by atoms with Gasteiger partial charge in [0.2, 0.25) is 5.91 Å². The van der Waals surface area contributed by atoms with Crippen LogP contribution in [-0.2, 0) is 17.1 Å². The highest BCUT2D eigenvalue weighted by Crippen LogP contribution is 2.37. The van der Waals surface area contributed by atoms with E-state index in [-0.39, 0.29) is 17.0 Å². The highest BCUT2D eigenvalue weighted by molar-refractivity contribution is 7.99. The number of hydrogen-bond acceptors (Lipinski definition) is 4. The first-order chi connectivity index (χ1) is 17.8. The maximum atomic E-state index is 13.1. The number of nitrogens with one attached hydrogen (secondary N) is 1. The van der Waals surface area contributed by atoms with E-state index in [9.17, 15) is 31.1 Å². The zero-order valence-corrected chi connectivity index (χ0v) is 20.9. The Bertz CT molecular complexity index is 1440. The molecular weight excluding hydrogens is 554 g/mol. The van der Waals surface area contributed by atoms with Crippen LogP contribution in [0.1, 0.15) is 16.7 Å². The Balaban J connectivity index is 1.60. The monoisotopic (exact) mass is 570 g/mol. The Hall–Kier alpha value is -3.51. The van der Waals surface area contributed by atoms with Gasteiger partial charge in [0, 0.05) is 22.0 Å². The molecule has 0 spiro atoms. The first-order valence-corrected chi connectivity index (χ1v) is 12.2. The second-order valence-corrected chi connectivity index (χ2v) is 9.50. The summed E-state index contributed by atoms with van der Waals surface area (Å²) in [5.74, 6) is -0.769. The Morgan fingerprint density at radius 1 is 0.921 bits per heavy atom. The molecule has 5 nitrogen and oxygen atoms in total. The lowest BCUT2D eigenvalue weighted by Crippen LogP contribution is -2.17. The third-order valence-electron chi connectivity index (χ3n) is 5.21. The van der Waals surface area contributed by atoms with Crippen molar-refractivity contribution >= 4 is 35.0 Å². The number of aromatic nitrogens is 3. The summed E-state index contributed by atoms with van der Waals surface area (Å²) >= 11 is 7.04. The fourth-order valence-corrected chi connectivity index (χ4v) is 4.40. The minimum atomic E-state index is -5.03. The van der Waals surface area contributed by atoms with Gasteiger partial charge in [-0.1, -0.05) is 53.2 Å². The number of alkyl halides is 6. The van der Waals surface area contributed by atoms with Gasteiger partial charge >= 0.3 is 12.4 Å². The Morgan fingerprint density at radius 2 is 1.55 bits per heavy atom. The summed E-state index contributed by atoms with van der Waals surface area (Å²) in [5.41, 5.74) is -1.37. The van der Waals surface area contributed by atoms with Crippen molar-refractivity contribution in [2.45, 2.75) is 24.4 Å². The molecule has 198 valence electrons. The molecular formula is C25H17ClF6N4OS. The molecule has 0 fully saturated rings. The first-order valence-electron chi connectivity index (χ1n) is 10.8. The summed E-state index contributed by atoms with van der Waals surface area (Å²) in [5, 5.41) is 11.2. The molecule has 1 amide bonds. The van der Waals surface area contributed by atoms with E-state index in [1.54, 1.807) is 28.8 Å². The number of benzene rings is 3. The van der Waals surface area contributed by atoms with E-state index in [4.69, 9.17) is 11.6 Å². The summed E-state index contributed by atoms with van der Waals surface area (Å²) in [4.78, 5) is 12.6. The van der Waals surface area contributed by atoms with Crippen molar-refractivity contribution < 1.29 is 31.1 Å². The van der Waals surface area contributed by atoms with Gasteiger partial charge in [-0.25, -0.2) is 0 Å². The van der Waals surface area contributed by atoms with Crippen LogP contribution in [-0.4, -0.2) is 26.4 Å². The number of anilines is 1. The molecule has 0 unspecified atom stereocenters. The lowest BCUT2D eigenvalue weighted by atomic mass is 10.1. The van der Waals surface area contributed by atoms with Gasteiger partial charge in [-0.2, -0.15) is 26.3 Å².